The quantitative estimate of drug-likeness (QED) is 0.282. The molecular formula is C31H39ClN4O2S. The first-order valence-electron chi connectivity index (χ1n) is 14.0. The van der Waals surface area contributed by atoms with Crippen molar-refractivity contribution in [2.75, 3.05) is 63.9 Å². The molecule has 0 saturated carbocycles. The molecule has 39 heavy (non-hydrogen) atoms. The number of rotatable bonds is 12. The lowest BCUT2D eigenvalue weighted by Crippen LogP contribution is -2.47. The van der Waals surface area contributed by atoms with Crippen LogP contribution in [0.25, 0.3) is 0 Å². The van der Waals surface area contributed by atoms with Crippen molar-refractivity contribution in [3.8, 4) is 11.5 Å². The molecule has 0 aromatic heterocycles. The van der Waals surface area contributed by atoms with Crippen LogP contribution in [0.4, 0.5) is 11.4 Å². The van der Waals surface area contributed by atoms with Gasteiger partial charge in [0.15, 0.2) is 0 Å². The highest BCUT2D eigenvalue weighted by Gasteiger charge is 2.24. The van der Waals surface area contributed by atoms with Crippen LogP contribution < -0.4 is 20.1 Å². The molecule has 0 bridgehead atoms. The summed E-state index contributed by atoms with van der Waals surface area (Å²) in [6, 6.07) is 22.8. The molecule has 3 aromatic carbocycles. The van der Waals surface area contributed by atoms with Gasteiger partial charge in [0.2, 0.25) is 0 Å². The van der Waals surface area contributed by atoms with Crippen LogP contribution in [-0.4, -0.2) is 74.9 Å². The molecule has 208 valence electrons. The van der Waals surface area contributed by atoms with Gasteiger partial charge in [-0.1, -0.05) is 35.5 Å². The molecule has 5 rings (SSSR count). The molecule has 1 atom stereocenters. The molecule has 1 fully saturated rings. The van der Waals surface area contributed by atoms with Gasteiger partial charge in [-0.3, -0.25) is 4.90 Å². The molecular weight excluding hydrogens is 528 g/mol. The van der Waals surface area contributed by atoms with Crippen molar-refractivity contribution < 1.29 is 9.47 Å². The van der Waals surface area contributed by atoms with Crippen molar-refractivity contribution in [3.63, 3.8) is 0 Å². The molecule has 0 radical (unpaired) electrons. The number of nitrogens with zero attached hydrogens (tertiary/aromatic N) is 3. The van der Waals surface area contributed by atoms with Crippen molar-refractivity contribution >= 4 is 34.7 Å². The first-order valence-corrected chi connectivity index (χ1v) is 15.2. The summed E-state index contributed by atoms with van der Waals surface area (Å²) in [6.45, 7) is 10.8. The number of para-hydroxylation sites is 1. The number of nitrogens with two attached hydrogens (primary N) is 1. The standard InChI is InChI=1S/C31H39ClN4O2S/c1-24(13-14-33)38-27-10-8-26(9-11-27)37-22-21-35-19-17-34(18-20-35)15-4-16-36-28-5-2-3-6-30(28)39-31-12-7-25(32)23-29(31)36/h2-3,5-12,23-24H,4,13-22,33H2,1H3. The Labute approximate surface area is 242 Å². The predicted molar refractivity (Wildman–Crippen MR) is 162 cm³/mol. The maximum Gasteiger partial charge on any atom is 0.119 e. The summed E-state index contributed by atoms with van der Waals surface area (Å²) < 4.78 is 11.9. The van der Waals surface area contributed by atoms with E-state index in [0.29, 0.717) is 13.2 Å². The number of halogens is 1. The van der Waals surface area contributed by atoms with E-state index in [1.165, 1.54) is 21.2 Å². The second kappa shape index (κ2) is 13.8. The maximum atomic E-state index is 6.38. The Kier molecular flexibility index (Phi) is 9.93. The van der Waals surface area contributed by atoms with E-state index in [-0.39, 0.29) is 6.10 Å². The minimum Gasteiger partial charge on any atom is -0.492 e. The van der Waals surface area contributed by atoms with E-state index < -0.39 is 0 Å². The first kappa shape index (κ1) is 28.1. The summed E-state index contributed by atoms with van der Waals surface area (Å²) in [7, 11) is 0. The van der Waals surface area contributed by atoms with E-state index in [1.807, 2.05) is 49.0 Å². The summed E-state index contributed by atoms with van der Waals surface area (Å²) >= 11 is 8.21. The molecule has 0 spiro atoms. The van der Waals surface area contributed by atoms with Crippen molar-refractivity contribution in [1.82, 2.24) is 9.80 Å². The van der Waals surface area contributed by atoms with Crippen LogP contribution in [0.3, 0.4) is 0 Å². The van der Waals surface area contributed by atoms with E-state index in [2.05, 4.69) is 51.1 Å². The largest absolute Gasteiger partial charge is 0.492 e. The van der Waals surface area contributed by atoms with Crippen molar-refractivity contribution in [3.05, 3.63) is 71.8 Å². The van der Waals surface area contributed by atoms with Crippen LogP contribution >= 0.6 is 23.4 Å². The van der Waals surface area contributed by atoms with Gasteiger partial charge in [-0.15, -0.1) is 0 Å². The number of hydrogen-bond donors (Lipinski definition) is 1. The molecule has 1 saturated heterocycles. The predicted octanol–water partition coefficient (Wildman–Crippen LogP) is 6.15. The van der Waals surface area contributed by atoms with Gasteiger partial charge in [-0.2, -0.15) is 0 Å². The molecule has 6 nitrogen and oxygen atoms in total. The Balaban J connectivity index is 1.03. The van der Waals surface area contributed by atoms with Gasteiger partial charge < -0.3 is 25.0 Å². The Morgan fingerprint density at radius 3 is 2.31 bits per heavy atom. The fourth-order valence-electron chi connectivity index (χ4n) is 5.17. The molecule has 2 heterocycles. The average Bonchev–Trinajstić information content (AvgIpc) is 2.95. The topological polar surface area (TPSA) is 54.2 Å². The second-order valence-corrected chi connectivity index (χ2v) is 11.7. The number of anilines is 2. The van der Waals surface area contributed by atoms with Gasteiger partial charge in [-0.25, -0.2) is 0 Å². The Hall–Kier alpha value is -2.42. The molecule has 8 heteroatoms. The van der Waals surface area contributed by atoms with Crippen molar-refractivity contribution in [2.45, 2.75) is 35.7 Å². The van der Waals surface area contributed by atoms with Gasteiger partial charge >= 0.3 is 0 Å². The Morgan fingerprint density at radius 2 is 1.54 bits per heavy atom. The highest BCUT2D eigenvalue weighted by atomic mass is 35.5. The minimum atomic E-state index is 0.122. The lowest BCUT2D eigenvalue weighted by Gasteiger charge is -2.36. The van der Waals surface area contributed by atoms with Gasteiger partial charge in [0.25, 0.3) is 0 Å². The monoisotopic (exact) mass is 566 g/mol. The molecule has 2 N–H and O–H groups in total. The first-order chi connectivity index (χ1) is 19.1. The van der Waals surface area contributed by atoms with Gasteiger partial charge in [0, 0.05) is 54.1 Å². The highest BCUT2D eigenvalue weighted by molar-refractivity contribution is 7.99. The van der Waals surface area contributed by atoms with E-state index in [0.717, 1.165) is 75.2 Å². The normalized spacial score (nSPS) is 16.4. The number of ether oxygens (including phenoxy) is 2. The van der Waals surface area contributed by atoms with E-state index in [4.69, 9.17) is 26.8 Å². The molecule has 0 aliphatic carbocycles. The van der Waals surface area contributed by atoms with E-state index in [9.17, 15) is 0 Å². The lowest BCUT2D eigenvalue weighted by atomic mass is 10.2. The van der Waals surface area contributed by atoms with Crippen LogP contribution in [-0.2, 0) is 0 Å². The van der Waals surface area contributed by atoms with E-state index >= 15 is 0 Å². The number of piperazine rings is 1. The summed E-state index contributed by atoms with van der Waals surface area (Å²) in [5.41, 5.74) is 8.11. The minimum absolute atomic E-state index is 0.122. The number of benzene rings is 3. The van der Waals surface area contributed by atoms with Gasteiger partial charge in [0.1, 0.15) is 18.1 Å². The third kappa shape index (κ3) is 7.62. The summed E-state index contributed by atoms with van der Waals surface area (Å²) in [6.07, 6.45) is 2.08. The molecule has 2 aliphatic rings. The van der Waals surface area contributed by atoms with Crippen LogP contribution in [0, 0.1) is 0 Å². The third-order valence-electron chi connectivity index (χ3n) is 7.32. The van der Waals surface area contributed by atoms with Crippen molar-refractivity contribution in [2.24, 2.45) is 5.73 Å². The van der Waals surface area contributed by atoms with Crippen LogP contribution in [0.5, 0.6) is 11.5 Å². The van der Waals surface area contributed by atoms with Crippen LogP contribution in [0.2, 0.25) is 5.02 Å². The average molecular weight is 567 g/mol. The van der Waals surface area contributed by atoms with Crippen molar-refractivity contribution in [1.29, 1.82) is 0 Å². The third-order valence-corrected chi connectivity index (χ3v) is 8.68. The highest BCUT2D eigenvalue weighted by Crippen LogP contribution is 2.48. The summed E-state index contributed by atoms with van der Waals surface area (Å²) in [5.74, 6) is 1.74. The molecule has 2 aliphatic heterocycles. The number of fused-ring (bicyclic) bond motifs is 2. The van der Waals surface area contributed by atoms with Crippen LogP contribution in [0.1, 0.15) is 19.8 Å². The molecule has 3 aromatic rings. The van der Waals surface area contributed by atoms with Crippen LogP contribution in [0.15, 0.2) is 76.5 Å². The van der Waals surface area contributed by atoms with Gasteiger partial charge in [-0.05, 0) is 87.5 Å². The number of hydrogen-bond acceptors (Lipinski definition) is 7. The second-order valence-electron chi connectivity index (χ2n) is 10.2. The molecule has 0 amide bonds. The maximum absolute atomic E-state index is 6.38. The zero-order valence-corrected chi connectivity index (χ0v) is 24.3. The Morgan fingerprint density at radius 1 is 0.846 bits per heavy atom. The van der Waals surface area contributed by atoms with E-state index in [1.54, 1.807) is 0 Å². The zero-order chi connectivity index (χ0) is 27.0. The fraction of sp³-hybridized carbons (Fsp3) is 0.419. The summed E-state index contributed by atoms with van der Waals surface area (Å²) in [5, 5.41) is 0.790. The van der Waals surface area contributed by atoms with Gasteiger partial charge in [0.05, 0.1) is 17.5 Å². The fourth-order valence-corrected chi connectivity index (χ4v) is 6.41. The molecule has 1 unspecified atom stereocenters. The SMILES string of the molecule is CC(CCN)Oc1ccc(OCCN2CCN(CCCN3c4ccccc4Sc4ccc(Cl)cc43)CC2)cc1. The zero-order valence-electron chi connectivity index (χ0n) is 22.7. The smallest absolute Gasteiger partial charge is 0.119 e. The Bertz CT molecular complexity index is 1200. The summed E-state index contributed by atoms with van der Waals surface area (Å²) in [4.78, 5) is 10.1. The lowest BCUT2D eigenvalue weighted by molar-refractivity contribution is 0.116.